The lowest BCUT2D eigenvalue weighted by Gasteiger charge is -2.17. The number of fused-ring (bicyclic) bond motifs is 1. The first kappa shape index (κ1) is 15.6. The van der Waals surface area contributed by atoms with Gasteiger partial charge in [-0.05, 0) is 18.2 Å². The third-order valence-electron chi connectivity index (χ3n) is 3.64. The van der Waals surface area contributed by atoms with Gasteiger partial charge in [0.15, 0.2) is 0 Å². The molecule has 0 aliphatic carbocycles. The lowest BCUT2D eigenvalue weighted by Crippen LogP contribution is -2.27. The zero-order valence-electron chi connectivity index (χ0n) is 12.4. The van der Waals surface area contributed by atoms with E-state index in [4.69, 9.17) is 0 Å². The molecule has 1 heterocycles. The number of carbonyl (C=O) groups is 1. The Balaban J connectivity index is 2.02. The molecule has 24 heavy (non-hydrogen) atoms. The maximum atomic E-state index is 13.8. The Morgan fingerprint density at radius 3 is 2.62 bits per heavy atom. The minimum Gasteiger partial charge on any atom is -0.345 e. The fourth-order valence-corrected chi connectivity index (χ4v) is 2.45. The summed E-state index contributed by atoms with van der Waals surface area (Å²) < 4.78 is 26.8. The second-order valence-corrected chi connectivity index (χ2v) is 5.14. The first-order chi connectivity index (χ1) is 11.4. The average Bonchev–Trinajstić information content (AvgIpc) is 2.97. The van der Waals surface area contributed by atoms with Crippen molar-refractivity contribution < 1.29 is 18.5 Å². The van der Waals surface area contributed by atoms with Crippen molar-refractivity contribution in [3.05, 3.63) is 69.9 Å². The number of carbonyl (C=O) groups excluding carboxylic acids is 1. The number of para-hydroxylation sites is 1. The Hall–Kier alpha value is -3.29. The Kier molecular flexibility index (Phi) is 3.72. The molecule has 0 bridgehead atoms. The maximum absolute atomic E-state index is 13.8. The number of rotatable bonds is 3. The number of hydrogen-bond donors (Lipinski definition) is 1. The third-order valence-corrected chi connectivity index (χ3v) is 3.64. The van der Waals surface area contributed by atoms with Crippen molar-refractivity contribution in [1.29, 1.82) is 0 Å². The normalized spacial score (nSPS) is 10.8. The molecule has 3 rings (SSSR count). The largest absolute Gasteiger partial charge is 0.345 e. The van der Waals surface area contributed by atoms with Crippen LogP contribution in [0.3, 0.4) is 0 Å². The zero-order valence-corrected chi connectivity index (χ0v) is 12.4. The summed E-state index contributed by atoms with van der Waals surface area (Å²) in [4.78, 5) is 26.7. The Morgan fingerprint density at radius 1 is 1.21 bits per heavy atom. The van der Waals surface area contributed by atoms with Gasteiger partial charge in [-0.2, -0.15) is 0 Å². The van der Waals surface area contributed by atoms with Crippen LogP contribution in [0.5, 0.6) is 0 Å². The second kappa shape index (κ2) is 5.73. The van der Waals surface area contributed by atoms with Crippen LogP contribution < -0.4 is 4.90 Å². The summed E-state index contributed by atoms with van der Waals surface area (Å²) in [5.74, 6) is -2.24. The number of halogens is 2. The number of amides is 1. The highest BCUT2D eigenvalue weighted by molar-refractivity contribution is 6.08. The van der Waals surface area contributed by atoms with Crippen molar-refractivity contribution in [1.82, 2.24) is 4.98 Å². The van der Waals surface area contributed by atoms with Crippen molar-refractivity contribution in [2.45, 2.75) is 0 Å². The van der Waals surface area contributed by atoms with Gasteiger partial charge in [0.25, 0.3) is 11.6 Å². The van der Waals surface area contributed by atoms with Gasteiger partial charge in [0.1, 0.15) is 22.8 Å². The van der Waals surface area contributed by atoms with E-state index < -0.39 is 22.5 Å². The first-order valence-corrected chi connectivity index (χ1v) is 6.87. The molecule has 6 nitrogen and oxygen atoms in total. The molecule has 0 saturated carbocycles. The van der Waals surface area contributed by atoms with Crippen molar-refractivity contribution >= 4 is 28.2 Å². The molecular formula is C16H11F2N3O3. The van der Waals surface area contributed by atoms with E-state index in [0.717, 1.165) is 17.0 Å². The summed E-state index contributed by atoms with van der Waals surface area (Å²) in [6.45, 7) is 0. The number of aromatic amines is 1. The molecule has 0 unspecified atom stereocenters. The third kappa shape index (κ3) is 2.58. The van der Waals surface area contributed by atoms with E-state index in [9.17, 15) is 23.7 Å². The number of nitrogens with zero attached hydrogens (tertiary/aromatic N) is 2. The zero-order chi connectivity index (χ0) is 17.4. The molecule has 0 spiro atoms. The van der Waals surface area contributed by atoms with Gasteiger partial charge < -0.3 is 9.88 Å². The molecular weight excluding hydrogens is 320 g/mol. The SMILES string of the molecule is CN(C(=O)c1cc2cccc([N+](=O)[O-])c2[nH]1)c1ccc(F)cc1F. The van der Waals surface area contributed by atoms with Crippen LogP contribution in [0.15, 0.2) is 42.5 Å². The number of aromatic nitrogens is 1. The monoisotopic (exact) mass is 331 g/mol. The lowest BCUT2D eigenvalue weighted by molar-refractivity contribution is -0.383. The molecule has 3 aromatic rings. The molecule has 8 heteroatoms. The molecule has 1 N–H and O–H groups in total. The van der Waals surface area contributed by atoms with Gasteiger partial charge in [-0.3, -0.25) is 14.9 Å². The van der Waals surface area contributed by atoms with Gasteiger partial charge in [-0.1, -0.05) is 12.1 Å². The predicted molar refractivity (Wildman–Crippen MR) is 84.0 cm³/mol. The van der Waals surface area contributed by atoms with Crippen molar-refractivity contribution in [3.63, 3.8) is 0 Å². The number of nitro benzene ring substituents is 1. The Morgan fingerprint density at radius 2 is 1.96 bits per heavy atom. The molecule has 0 radical (unpaired) electrons. The van der Waals surface area contributed by atoms with E-state index in [1.165, 1.54) is 25.2 Å². The van der Waals surface area contributed by atoms with Gasteiger partial charge in [0.05, 0.1) is 10.6 Å². The molecule has 0 aliphatic rings. The van der Waals surface area contributed by atoms with Crippen LogP contribution >= 0.6 is 0 Å². The predicted octanol–water partition coefficient (Wildman–Crippen LogP) is 3.63. The number of non-ortho nitro benzene ring substituents is 1. The van der Waals surface area contributed by atoms with Crippen LogP contribution in [0.4, 0.5) is 20.2 Å². The van der Waals surface area contributed by atoms with Crippen LogP contribution in [0.25, 0.3) is 10.9 Å². The second-order valence-electron chi connectivity index (χ2n) is 5.14. The molecule has 2 aromatic carbocycles. The van der Waals surface area contributed by atoms with Crippen LogP contribution in [0.1, 0.15) is 10.5 Å². The van der Waals surface area contributed by atoms with E-state index in [-0.39, 0.29) is 22.6 Å². The number of anilines is 1. The minimum absolute atomic E-state index is 0.0607. The number of H-pyrrole nitrogens is 1. The van der Waals surface area contributed by atoms with Crippen LogP contribution in [-0.2, 0) is 0 Å². The summed E-state index contributed by atoms with van der Waals surface area (Å²) >= 11 is 0. The summed E-state index contributed by atoms with van der Waals surface area (Å²) in [6, 6.07) is 8.75. The van der Waals surface area contributed by atoms with Crippen molar-refractivity contribution in [3.8, 4) is 0 Å². The standard InChI is InChI=1S/C16H11F2N3O3/c1-20(13-6-5-10(17)8-11(13)18)16(22)12-7-9-3-2-4-14(21(23)24)15(9)19-12/h2-8,19H,1H3. The van der Waals surface area contributed by atoms with Crippen molar-refractivity contribution in [2.24, 2.45) is 0 Å². The number of benzene rings is 2. The molecule has 1 amide bonds. The van der Waals surface area contributed by atoms with Crippen LogP contribution in [-0.4, -0.2) is 22.9 Å². The van der Waals surface area contributed by atoms with Crippen molar-refractivity contribution in [2.75, 3.05) is 11.9 Å². The molecule has 122 valence electrons. The maximum Gasteiger partial charge on any atom is 0.293 e. The highest BCUT2D eigenvalue weighted by Gasteiger charge is 2.21. The quantitative estimate of drug-likeness (QED) is 0.588. The highest BCUT2D eigenvalue weighted by Crippen LogP contribution is 2.27. The molecule has 0 atom stereocenters. The van der Waals surface area contributed by atoms with Gasteiger partial charge in [-0.15, -0.1) is 0 Å². The molecule has 0 fully saturated rings. The van der Waals surface area contributed by atoms with Gasteiger partial charge in [0, 0.05) is 24.6 Å². The Labute approximate surface area is 134 Å². The summed E-state index contributed by atoms with van der Waals surface area (Å²) in [5, 5.41) is 11.5. The van der Waals surface area contributed by atoms with E-state index in [1.807, 2.05) is 0 Å². The van der Waals surface area contributed by atoms with E-state index in [2.05, 4.69) is 4.98 Å². The number of hydrogen-bond acceptors (Lipinski definition) is 3. The number of nitro groups is 1. The minimum atomic E-state index is -0.882. The molecule has 0 aliphatic heterocycles. The van der Waals surface area contributed by atoms with Crippen LogP contribution in [0, 0.1) is 21.7 Å². The van der Waals surface area contributed by atoms with Gasteiger partial charge in [0.2, 0.25) is 0 Å². The Bertz CT molecular complexity index is 968. The first-order valence-electron chi connectivity index (χ1n) is 6.87. The fraction of sp³-hybridized carbons (Fsp3) is 0.0625. The van der Waals surface area contributed by atoms with E-state index in [0.29, 0.717) is 11.5 Å². The fourth-order valence-electron chi connectivity index (χ4n) is 2.45. The summed E-state index contributed by atoms with van der Waals surface area (Å²) in [6.07, 6.45) is 0. The van der Waals surface area contributed by atoms with E-state index in [1.54, 1.807) is 6.07 Å². The average molecular weight is 331 g/mol. The highest BCUT2D eigenvalue weighted by atomic mass is 19.1. The smallest absolute Gasteiger partial charge is 0.293 e. The summed E-state index contributed by atoms with van der Waals surface area (Å²) in [5.41, 5.74) is 0.000995. The number of nitrogens with one attached hydrogen (secondary N) is 1. The lowest BCUT2D eigenvalue weighted by atomic mass is 10.2. The molecule has 1 aromatic heterocycles. The molecule has 0 saturated heterocycles. The van der Waals surface area contributed by atoms with Gasteiger partial charge >= 0.3 is 0 Å². The van der Waals surface area contributed by atoms with Crippen LogP contribution in [0.2, 0.25) is 0 Å². The summed E-state index contributed by atoms with van der Waals surface area (Å²) in [7, 11) is 1.33. The van der Waals surface area contributed by atoms with E-state index >= 15 is 0 Å². The topological polar surface area (TPSA) is 79.2 Å². The van der Waals surface area contributed by atoms with Gasteiger partial charge in [-0.25, -0.2) is 8.78 Å².